The summed E-state index contributed by atoms with van der Waals surface area (Å²) in [6.45, 7) is 0. The largest absolute Gasteiger partial charge is 0.222 e. The number of nitrogens with zero attached hydrogens (tertiary/aromatic N) is 1. The lowest BCUT2D eigenvalue weighted by Gasteiger charge is -1.49. The van der Waals surface area contributed by atoms with E-state index < -0.39 is 0 Å². The summed E-state index contributed by atoms with van der Waals surface area (Å²) >= 11 is 4.87. The van der Waals surface area contributed by atoms with E-state index in [4.69, 9.17) is 11.2 Å². The molecule has 0 saturated heterocycles. The summed E-state index contributed by atoms with van der Waals surface area (Å²) in [5.74, 6) is 4.51. The highest BCUT2D eigenvalue weighted by Gasteiger charge is 1.38. The third-order valence-electron chi connectivity index (χ3n) is 0.0436. The molecule has 4 heavy (non-hydrogen) atoms. The van der Waals surface area contributed by atoms with Crippen LogP contribution in [0.5, 0.6) is 0 Å². The highest BCUT2D eigenvalue weighted by molar-refractivity contribution is 7.59. The van der Waals surface area contributed by atoms with Crippen molar-refractivity contribution < 1.29 is 0 Å². The second-order valence-corrected chi connectivity index (χ2v) is 1.03. The standard InChI is InChI=1S/ClH2N2P/c1-4-3-2/h2H2. The molecular formula is H2ClN2P. The molecule has 0 aliphatic heterocycles. The Hall–Kier alpha value is 0.350. The summed E-state index contributed by atoms with van der Waals surface area (Å²) in [5.41, 5.74) is 0. The Kier molecular flexibility index (Phi) is 3.64. The van der Waals surface area contributed by atoms with Gasteiger partial charge in [-0.15, -0.1) is 0 Å². The van der Waals surface area contributed by atoms with Gasteiger partial charge in [0, 0.05) is 0 Å². The van der Waals surface area contributed by atoms with Gasteiger partial charge >= 0.3 is 0 Å². The lowest BCUT2D eigenvalue weighted by atomic mass is 13.0. The van der Waals surface area contributed by atoms with Crippen LogP contribution in [-0.2, 0) is 0 Å². The van der Waals surface area contributed by atoms with Gasteiger partial charge in [0.1, 0.15) is 7.73 Å². The second kappa shape index (κ2) is 3.35. The van der Waals surface area contributed by atoms with Crippen molar-refractivity contribution in [2.45, 2.75) is 0 Å². The highest BCUT2D eigenvalue weighted by atomic mass is 35.7. The molecule has 0 aliphatic rings. The van der Waals surface area contributed by atoms with Crippen molar-refractivity contribution in [3.8, 4) is 0 Å². The van der Waals surface area contributed by atoms with Crippen LogP contribution in [0.3, 0.4) is 0 Å². The fraction of sp³-hybridized carbons (Fsp3) is 0. The van der Waals surface area contributed by atoms with Crippen molar-refractivity contribution in [3.63, 3.8) is 0 Å². The molecule has 0 bridgehead atoms. The first kappa shape index (κ1) is 4.35. The number of halogens is 1. The molecule has 2 N–H and O–H groups in total. The van der Waals surface area contributed by atoms with Crippen molar-refractivity contribution in [1.29, 1.82) is 0 Å². The lowest BCUT2D eigenvalue weighted by molar-refractivity contribution is 1.30. The molecule has 0 rings (SSSR count). The van der Waals surface area contributed by atoms with Crippen LogP contribution in [-0.4, -0.2) is 0 Å². The molecule has 0 aromatic heterocycles. The quantitative estimate of drug-likeness (QED) is 0.274. The Morgan fingerprint density at radius 2 is 2.25 bits per heavy atom. The summed E-state index contributed by atoms with van der Waals surface area (Å²) < 4.78 is 0. The van der Waals surface area contributed by atoms with Crippen molar-refractivity contribution in [2.24, 2.45) is 10.7 Å². The smallest absolute Gasteiger partial charge is 0.135 e. The van der Waals surface area contributed by atoms with Crippen LogP contribution >= 0.6 is 19.0 Å². The summed E-state index contributed by atoms with van der Waals surface area (Å²) in [4.78, 5) is 2.97. The minimum atomic E-state index is 0.373. The first-order valence-electron chi connectivity index (χ1n) is 0.627. The van der Waals surface area contributed by atoms with E-state index in [0.29, 0.717) is 7.73 Å². The summed E-state index contributed by atoms with van der Waals surface area (Å²) in [7, 11) is 0.373. The van der Waals surface area contributed by atoms with Crippen LogP contribution in [0, 0.1) is 0 Å². The van der Waals surface area contributed by atoms with E-state index in [9.17, 15) is 0 Å². The predicted octanol–water partition coefficient (Wildman–Crippen LogP) is 1.14. The Labute approximate surface area is 30.6 Å². The third kappa shape index (κ3) is 2.35. The van der Waals surface area contributed by atoms with Crippen molar-refractivity contribution >= 4 is 19.0 Å². The topological polar surface area (TPSA) is 38.4 Å². The maximum Gasteiger partial charge on any atom is 0.135 e. The van der Waals surface area contributed by atoms with E-state index in [1.54, 1.807) is 0 Å². The highest BCUT2D eigenvalue weighted by Crippen LogP contribution is 1.98. The van der Waals surface area contributed by atoms with Gasteiger partial charge in [-0.1, -0.05) is 0 Å². The molecule has 0 atom stereocenters. The summed E-state index contributed by atoms with van der Waals surface area (Å²) in [5, 5.41) is 0. The van der Waals surface area contributed by atoms with Gasteiger partial charge in [-0.3, -0.25) is 0 Å². The molecule has 0 saturated carbocycles. The number of rotatable bonds is 0. The average molecular weight is 96.5 g/mol. The van der Waals surface area contributed by atoms with Crippen LogP contribution in [0.4, 0.5) is 0 Å². The average Bonchev–Trinajstić information content (AvgIpc) is 1.37. The normalized spacial score (nSPS) is 9.50. The monoisotopic (exact) mass is 96.0 g/mol. The molecule has 0 spiro atoms. The maximum atomic E-state index is 4.87. The fourth-order valence-corrected chi connectivity index (χ4v) is 0. The number of hydrogen-bond donors (Lipinski definition) is 1. The van der Waals surface area contributed by atoms with E-state index in [1.807, 2.05) is 0 Å². The molecule has 0 heterocycles. The van der Waals surface area contributed by atoms with Crippen LogP contribution in [0.2, 0.25) is 0 Å². The Bertz CT molecular complexity index is 21.2. The Morgan fingerprint density at radius 3 is 2.25 bits per heavy atom. The van der Waals surface area contributed by atoms with Gasteiger partial charge in [-0.25, -0.2) is 5.84 Å². The first-order valence-corrected chi connectivity index (χ1v) is 2.38. The number of hydrogen-bond acceptors (Lipinski definition) is 1. The second-order valence-electron chi connectivity index (χ2n) is 0.191. The minimum Gasteiger partial charge on any atom is -0.222 e. The SMILES string of the molecule is NN=PCl. The van der Waals surface area contributed by atoms with Gasteiger partial charge in [0.05, 0.1) is 0 Å². The van der Waals surface area contributed by atoms with E-state index in [2.05, 4.69) is 10.7 Å². The van der Waals surface area contributed by atoms with E-state index in [0.717, 1.165) is 0 Å². The van der Waals surface area contributed by atoms with Crippen LogP contribution in [0.25, 0.3) is 0 Å². The first-order chi connectivity index (χ1) is 1.91. The van der Waals surface area contributed by atoms with Gasteiger partial charge in [-0.05, 0) is 11.2 Å². The molecular weight excluding hydrogens is 94.4 g/mol. The summed E-state index contributed by atoms with van der Waals surface area (Å²) in [6.07, 6.45) is 0. The molecule has 24 valence electrons. The fourth-order valence-electron chi connectivity index (χ4n) is 0. The maximum absolute atomic E-state index is 4.87. The Morgan fingerprint density at radius 1 is 2.00 bits per heavy atom. The van der Waals surface area contributed by atoms with Crippen molar-refractivity contribution in [2.75, 3.05) is 0 Å². The molecule has 0 fully saturated rings. The molecule has 0 amide bonds. The molecule has 2 nitrogen and oxygen atoms in total. The molecule has 0 radical (unpaired) electrons. The van der Waals surface area contributed by atoms with Gasteiger partial charge in [0.15, 0.2) is 0 Å². The van der Waals surface area contributed by atoms with E-state index in [-0.39, 0.29) is 0 Å². The molecule has 4 heteroatoms. The zero-order valence-electron chi connectivity index (χ0n) is 1.85. The van der Waals surface area contributed by atoms with Gasteiger partial charge in [0.25, 0.3) is 0 Å². The molecule has 0 aliphatic carbocycles. The molecule has 0 aromatic carbocycles. The van der Waals surface area contributed by atoms with Crippen molar-refractivity contribution in [3.05, 3.63) is 0 Å². The van der Waals surface area contributed by atoms with Crippen LogP contribution < -0.4 is 5.84 Å². The molecule has 0 aromatic rings. The zero-order valence-corrected chi connectivity index (χ0v) is 3.50. The Balaban J connectivity index is 2.55. The van der Waals surface area contributed by atoms with E-state index in [1.165, 1.54) is 0 Å². The van der Waals surface area contributed by atoms with Crippen molar-refractivity contribution in [1.82, 2.24) is 0 Å². The third-order valence-corrected chi connectivity index (χ3v) is 0.393. The van der Waals surface area contributed by atoms with Crippen LogP contribution in [0.15, 0.2) is 4.85 Å². The van der Waals surface area contributed by atoms with Crippen LogP contribution in [0.1, 0.15) is 0 Å². The van der Waals surface area contributed by atoms with Gasteiger partial charge in [-0.2, -0.15) is 4.85 Å². The zero-order chi connectivity index (χ0) is 3.41. The minimum absolute atomic E-state index is 0.373. The summed E-state index contributed by atoms with van der Waals surface area (Å²) in [6, 6.07) is 0. The van der Waals surface area contributed by atoms with Gasteiger partial charge in [0.2, 0.25) is 0 Å². The van der Waals surface area contributed by atoms with Gasteiger partial charge < -0.3 is 0 Å². The van der Waals surface area contributed by atoms with E-state index >= 15 is 0 Å². The number of nitrogens with two attached hydrogens (primary N) is 1. The molecule has 0 unspecified atom stereocenters. The lowest BCUT2D eigenvalue weighted by Crippen LogP contribution is -1.65. The predicted molar refractivity (Wildman–Crippen MR) is 19.4 cm³/mol.